The molecule has 0 aromatic heterocycles. The van der Waals surface area contributed by atoms with Crippen LogP contribution in [0, 0.1) is 0 Å². The molecule has 18 heavy (non-hydrogen) atoms. The highest BCUT2D eigenvalue weighted by Crippen LogP contribution is 2.21. The molecule has 1 N–H and O–H groups in total. The smallest absolute Gasteiger partial charge is 0.255 e. The minimum Gasteiger partial charge on any atom is -0.322 e. The second-order valence-electron chi connectivity index (χ2n) is 3.62. The van der Waals surface area contributed by atoms with Crippen LogP contribution in [0.25, 0.3) is 0 Å². The zero-order valence-electron chi connectivity index (χ0n) is 9.08. The van der Waals surface area contributed by atoms with Crippen LogP contribution in [0.15, 0.2) is 46.9 Å². The molecule has 92 valence electrons. The number of rotatable bonds is 2. The number of nitrogens with one attached hydrogen (secondary N) is 1. The topological polar surface area (TPSA) is 29.1 Å². The van der Waals surface area contributed by atoms with Crippen LogP contribution in [0.4, 0.5) is 5.69 Å². The molecule has 2 aromatic carbocycles. The standard InChI is InChI=1S/C13H8BrCl2NO/c14-9-2-1-3-12(6-9)17-13(18)8-4-10(15)7-11(16)5-8/h1-7H,(H,17,18). The van der Waals surface area contributed by atoms with E-state index >= 15 is 0 Å². The summed E-state index contributed by atoms with van der Waals surface area (Å²) in [6.07, 6.45) is 0. The number of benzene rings is 2. The largest absolute Gasteiger partial charge is 0.322 e. The zero-order chi connectivity index (χ0) is 13.1. The van der Waals surface area contributed by atoms with Gasteiger partial charge in [-0.3, -0.25) is 4.79 Å². The van der Waals surface area contributed by atoms with Crippen molar-refractivity contribution in [1.82, 2.24) is 0 Å². The molecule has 2 rings (SSSR count). The van der Waals surface area contributed by atoms with Crippen LogP contribution < -0.4 is 5.32 Å². The Morgan fingerprint density at radius 1 is 1.06 bits per heavy atom. The molecule has 2 aromatic rings. The lowest BCUT2D eigenvalue weighted by Crippen LogP contribution is -2.11. The molecule has 0 aliphatic rings. The number of hydrogen-bond acceptors (Lipinski definition) is 1. The second-order valence-corrected chi connectivity index (χ2v) is 5.41. The quantitative estimate of drug-likeness (QED) is 0.815. The van der Waals surface area contributed by atoms with Gasteiger partial charge in [0.25, 0.3) is 5.91 Å². The van der Waals surface area contributed by atoms with E-state index in [2.05, 4.69) is 21.2 Å². The Morgan fingerprint density at radius 3 is 2.33 bits per heavy atom. The first-order valence-electron chi connectivity index (χ1n) is 5.07. The number of carbonyl (C=O) groups excluding carboxylic acids is 1. The lowest BCUT2D eigenvalue weighted by Gasteiger charge is -2.06. The second kappa shape index (κ2) is 5.74. The van der Waals surface area contributed by atoms with E-state index in [0.717, 1.165) is 4.47 Å². The fourth-order valence-electron chi connectivity index (χ4n) is 1.45. The van der Waals surface area contributed by atoms with Gasteiger partial charge in [0.05, 0.1) is 0 Å². The average Bonchev–Trinajstić information content (AvgIpc) is 2.27. The molecule has 0 heterocycles. The maximum Gasteiger partial charge on any atom is 0.255 e. The van der Waals surface area contributed by atoms with Crippen LogP contribution in [-0.2, 0) is 0 Å². The van der Waals surface area contributed by atoms with Crippen molar-refractivity contribution in [1.29, 1.82) is 0 Å². The van der Waals surface area contributed by atoms with Gasteiger partial charge in [0, 0.05) is 25.8 Å². The maximum atomic E-state index is 12.0. The first kappa shape index (κ1) is 13.4. The van der Waals surface area contributed by atoms with Crippen molar-refractivity contribution < 1.29 is 4.79 Å². The Balaban J connectivity index is 2.22. The summed E-state index contributed by atoms with van der Waals surface area (Å²) < 4.78 is 0.893. The predicted molar refractivity (Wildman–Crippen MR) is 78.6 cm³/mol. The molecule has 0 saturated heterocycles. The molecular formula is C13H8BrCl2NO. The molecule has 0 fully saturated rings. The van der Waals surface area contributed by atoms with E-state index in [-0.39, 0.29) is 5.91 Å². The summed E-state index contributed by atoms with van der Waals surface area (Å²) in [5, 5.41) is 3.63. The lowest BCUT2D eigenvalue weighted by atomic mass is 10.2. The summed E-state index contributed by atoms with van der Waals surface area (Å²) in [7, 11) is 0. The average molecular weight is 345 g/mol. The van der Waals surface area contributed by atoms with Crippen molar-refractivity contribution in [2.24, 2.45) is 0 Å². The van der Waals surface area contributed by atoms with Crippen LogP contribution in [0.3, 0.4) is 0 Å². The number of amides is 1. The van der Waals surface area contributed by atoms with Gasteiger partial charge in [0.15, 0.2) is 0 Å². The summed E-state index contributed by atoms with van der Waals surface area (Å²) in [5.41, 5.74) is 1.12. The summed E-state index contributed by atoms with van der Waals surface area (Å²) in [6, 6.07) is 12.1. The van der Waals surface area contributed by atoms with Gasteiger partial charge in [-0.15, -0.1) is 0 Å². The Bertz CT molecular complexity index is 581. The number of hydrogen-bond donors (Lipinski definition) is 1. The molecule has 2 nitrogen and oxygen atoms in total. The summed E-state index contributed by atoms with van der Waals surface area (Å²) >= 11 is 15.0. The van der Waals surface area contributed by atoms with Gasteiger partial charge in [-0.05, 0) is 36.4 Å². The molecule has 5 heteroatoms. The lowest BCUT2D eigenvalue weighted by molar-refractivity contribution is 0.102. The Morgan fingerprint density at radius 2 is 1.72 bits per heavy atom. The number of halogens is 3. The van der Waals surface area contributed by atoms with Crippen molar-refractivity contribution in [3.63, 3.8) is 0 Å². The summed E-state index contributed by atoms with van der Waals surface area (Å²) in [5.74, 6) is -0.252. The molecule has 0 radical (unpaired) electrons. The van der Waals surface area contributed by atoms with Gasteiger partial charge in [-0.2, -0.15) is 0 Å². The van der Waals surface area contributed by atoms with Gasteiger partial charge < -0.3 is 5.32 Å². The van der Waals surface area contributed by atoms with Crippen LogP contribution >= 0.6 is 39.1 Å². The van der Waals surface area contributed by atoms with E-state index in [9.17, 15) is 4.79 Å². The van der Waals surface area contributed by atoms with Crippen LogP contribution in [0.2, 0.25) is 10.0 Å². The SMILES string of the molecule is O=C(Nc1cccc(Br)c1)c1cc(Cl)cc(Cl)c1. The monoisotopic (exact) mass is 343 g/mol. The van der Waals surface area contributed by atoms with Crippen molar-refractivity contribution in [2.75, 3.05) is 5.32 Å². The first-order chi connectivity index (χ1) is 8.54. The zero-order valence-corrected chi connectivity index (χ0v) is 12.2. The molecule has 0 bridgehead atoms. The number of carbonyl (C=O) groups is 1. The van der Waals surface area contributed by atoms with Crippen LogP contribution in [0.5, 0.6) is 0 Å². The highest BCUT2D eigenvalue weighted by atomic mass is 79.9. The third-order valence-corrected chi connectivity index (χ3v) is 3.14. The van der Waals surface area contributed by atoms with Gasteiger partial charge in [-0.25, -0.2) is 0 Å². The van der Waals surface area contributed by atoms with E-state index in [0.29, 0.717) is 21.3 Å². The van der Waals surface area contributed by atoms with Gasteiger partial charge in [0.2, 0.25) is 0 Å². The van der Waals surface area contributed by atoms with E-state index in [1.165, 1.54) is 0 Å². The summed E-state index contributed by atoms with van der Waals surface area (Å²) in [6.45, 7) is 0. The Hall–Kier alpha value is -1.03. The molecule has 0 unspecified atom stereocenters. The Kier molecular flexibility index (Phi) is 4.27. The molecule has 0 aliphatic heterocycles. The van der Waals surface area contributed by atoms with Crippen molar-refractivity contribution in [3.05, 3.63) is 62.5 Å². The van der Waals surface area contributed by atoms with E-state index in [1.807, 2.05) is 18.2 Å². The molecule has 1 amide bonds. The minimum atomic E-state index is -0.252. The maximum absolute atomic E-state index is 12.0. The fourth-order valence-corrected chi connectivity index (χ4v) is 2.38. The fraction of sp³-hybridized carbons (Fsp3) is 0. The Labute approximate surface area is 123 Å². The summed E-state index contributed by atoms with van der Waals surface area (Å²) in [4.78, 5) is 12.0. The van der Waals surface area contributed by atoms with Gasteiger partial charge in [-0.1, -0.05) is 45.2 Å². The van der Waals surface area contributed by atoms with E-state index < -0.39 is 0 Å². The predicted octanol–water partition coefficient (Wildman–Crippen LogP) is 5.01. The van der Waals surface area contributed by atoms with Crippen molar-refractivity contribution in [3.8, 4) is 0 Å². The highest BCUT2D eigenvalue weighted by Gasteiger charge is 2.08. The third-order valence-electron chi connectivity index (χ3n) is 2.21. The van der Waals surface area contributed by atoms with Crippen LogP contribution in [0.1, 0.15) is 10.4 Å². The normalized spacial score (nSPS) is 10.2. The first-order valence-corrected chi connectivity index (χ1v) is 6.62. The van der Waals surface area contributed by atoms with Crippen molar-refractivity contribution >= 4 is 50.7 Å². The molecule has 0 atom stereocenters. The van der Waals surface area contributed by atoms with Crippen LogP contribution in [-0.4, -0.2) is 5.91 Å². The third kappa shape index (κ3) is 3.48. The molecule has 0 spiro atoms. The van der Waals surface area contributed by atoms with E-state index in [4.69, 9.17) is 23.2 Å². The van der Waals surface area contributed by atoms with Gasteiger partial charge in [0.1, 0.15) is 0 Å². The molecule has 0 aliphatic carbocycles. The minimum absolute atomic E-state index is 0.252. The van der Waals surface area contributed by atoms with Gasteiger partial charge >= 0.3 is 0 Å². The van der Waals surface area contributed by atoms with Crippen molar-refractivity contribution in [2.45, 2.75) is 0 Å². The molecular weight excluding hydrogens is 337 g/mol. The number of anilines is 1. The van der Waals surface area contributed by atoms with E-state index in [1.54, 1.807) is 24.3 Å². The molecule has 0 saturated carbocycles. The highest BCUT2D eigenvalue weighted by molar-refractivity contribution is 9.10.